The van der Waals surface area contributed by atoms with Crippen molar-refractivity contribution in [2.45, 2.75) is 18.3 Å². The van der Waals surface area contributed by atoms with Crippen LogP contribution in [0.15, 0.2) is 60.7 Å². The zero-order valence-corrected chi connectivity index (χ0v) is 11.3. The highest BCUT2D eigenvalue weighted by Gasteiger charge is 2.22. The number of hydrogen-bond donors (Lipinski definition) is 1. The fourth-order valence-electron chi connectivity index (χ4n) is 2.02. The van der Waals surface area contributed by atoms with Crippen LogP contribution in [-0.4, -0.2) is 10.9 Å². The second-order valence-electron chi connectivity index (χ2n) is 4.14. The smallest absolute Gasteiger partial charge is 0.0949 e. The largest absolute Gasteiger partial charge is 0.387 e. The highest BCUT2D eigenvalue weighted by atomic mass is 32.2. The van der Waals surface area contributed by atoms with Crippen molar-refractivity contribution in [3.8, 4) is 0 Å². The Morgan fingerprint density at radius 2 is 1.39 bits per heavy atom. The first-order valence-electron chi connectivity index (χ1n) is 6.22. The van der Waals surface area contributed by atoms with Crippen LogP contribution in [0.4, 0.5) is 0 Å². The zero-order valence-electron chi connectivity index (χ0n) is 10.5. The standard InChI is InChI=1S/C16H18OS/c1-2-18-16(14-11-7-4-8-12-14)15(17)13-9-5-3-6-10-13/h3-12,15-17H,2H2,1H3. The molecule has 0 aromatic heterocycles. The molecule has 94 valence electrons. The lowest BCUT2D eigenvalue weighted by Crippen LogP contribution is -2.08. The van der Waals surface area contributed by atoms with Crippen molar-refractivity contribution >= 4 is 11.8 Å². The molecule has 2 aromatic rings. The van der Waals surface area contributed by atoms with Gasteiger partial charge in [-0.25, -0.2) is 0 Å². The third-order valence-electron chi connectivity index (χ3n) is 2.90. The normalized spacial score (nSPS) is 14.1. The molecule has 1 nitrogen and oxygen atoms in total. The quantitative estimate of drug-likeness (QED) is 0.866. The van der Waals surface area contributed by atoms with Gasteiger partial charge in [-0.3, -0.25) is 0 Å². The Morgan fingerprint density at radius 3 is 1.89 bits per heavy atom. The lowest BCUT2D eigenvalue weighted by Gasteiger charge is -2.23. The highest BCUT2D eigenvalue weighted by molar-refractivity contribution is 7.99. The molecular formula is C16H18OS. The Balaban J connectivity index is 2.26. The van der Waals surface area contributed by atoms with Gasteiger partial charge in [0.25, 0.3) is 0 Å². The van der Waals surface area contributed by atoms with Crippen molar-refractivity contribution in [2.24, 2.45) is 0 Å². The SMILES string of the molecule is CCSC(c1ccccc1)C(O)c1ccccc1. The minimum absolute atomic E-state index is 0.0959. The number of hydrogen-bond acceptors (Lipinski definition) is 2. The molecule has 2 aromatic carbocycles. The van der Waals surface area contributed by atoms with E-state index in [1.807, 2.05) is 48.5 Å². The summed E-state index contributed by atoms with van der Waals surface area (Å²) in [4.78, 5) is 0. The molecule has 2 unspecified atom stereocenters. The van der Waals surface area contributed by atoms with Crippen molar-refractivity contribution in [1.82, 2.24) is 0 Å². The van der Waals surface area contributed by atoms with Crippen LogP contribution >= 0.6 is 11.8 Å². The number of aliphatic hydroxyl groups is 1. The third kappa shape index (κ3) is 3.15. The van der Waals surface area contributed by atoms with E-state index >= 15 is 0 Å². The van der Waals surface area contributed by atoms with Gasteiger partial charge < -0.3 is 5.11 Å². The molecule has 0 aliphatic rings. The molecule has 18 heavy (non-hydrogen) atoms. The van der Waals surface area contributed by atoms with E-state index in [-0.39, 0.29) is 5.25 Å². The van der Waals surface area contributed by atoms with Crippen LogP contribution in [0, 0.1) is 0 Å². The molecular weight excluding hydrogens is 240 g/mol. The van der Waals surface area contributed by atoms with E-state index in [0.29, 0.717) is 0 Å². The highest BCUT2D eigenvalue weighted by Crippen LogP contribution is 2.39. The van der Waals surface area contributed by atoms with E-state index in [4.69, 9.17) is 0 Å². The van der Waals surface area contributed by atoms with Gasteiger partial charge in [0.15, 0.2) is 0 Å². The maximum atomic E-state index is 10.5. The van der Waals surface area contributed by atoms with Gasteiger partial charge in [-0.15, -0.1) is 0 Å². The molecule has 0 saturated carbocycles. The lowest BCUT2D eigenvalue weighted by atomic mass is 10.0. The molecule has 2 atom stereocenters. The van der Waals surface area contributed by atoms with Crippen LogP contribution in [0.2, 0.25) is 0 Å². The molecule has 0 heterocycles. The summed E-state index contributed by atoms with van der Waals surface area (Å²) >= 11 is 1.78. The molecule has 2 heteroatoms. The molecule has 0 aliphatic heterocycles. The molecule has 0 amide bonds. The summed E-state index contributed by atoms with van der Waals surface area (Å²) < 4.78 is 0. The Labute approximate surface area is 113 Å². The van der Waals surface area contributed by atoms with Crippen molar-refractivity contribution in [2.75, 3.05) is 5.75 Å². The second-order valence-corrected chi connectivity index (χ2v) is 5.56. The molecule has 0 aliphatic carbocycles. The van der Waals surface area contributed by atoms with E-state index in [1.54, 1.807) is 11.8 Å². The molecule has 0 saturated heterocycles. The van der Waals surface area contributed by atoms with Crippen LogP contribution in [-0.2, 0) is 0 Å². The van der Waals surface area contributed by atoms with Gasteiger partial charge in [0.1, 0.15) is 0 Å². The summed E-state index contributed by atoms with van der Waals surface area (Å²) in [6.07, 6.45) is -0.460. The van der Waals surface area contributed by atoms with E-state index in [1.165, 1.54) is 5.56 Å². The van der Waals surface area contributed by atoms with Gasteiger partial charge in [-0.1, -0.05) is 67.6 Å². The fourth-order valence-corrected chi connectivity index (χ4v) is 3.07. The van der Waals surface area contributed by atoms with Gasteiger partial charge >= 0.3 is 0 Å². The lowest BCUT2D eigenvalue weighted by molar-refractivity contribution is 0.175. The van der Waals surface area contributed by atoms with Crippen molar-refractivity contribution in [3.63, 3.8) is 0 Å². The van der Waals surface area contributed by atoms with Crippen LogP contribution in [0.5, 0.6) is 0 Å². The maximum Gasteiger partial charge on any atom is 0.0949 e. The molecule has 0 radical (unpaired) electrons. The molecule has 0 bridgehead atoms. The van der Waals surface area contributed by atoms with Crippen LogP contribution in [0.1, 0.15) is 29.4 Å². The van der Waals surface area contributed by atoms with E-state index in [9.17, 15) is 5.11 Å². The first kappa shape index (κ1) is 13.2. The molecule has 0 spiro atoms. The predicted octanol–water partition coefficient (Wildman–Crippen LogP) is 4.21. The first-order valence-corrected chi connectivity index (χ1v) is 7.27. The zero-order chi connectivity index (χ0) is 12.8. The second kappa shape index (κ2) is 6.62. The topological polar surface area (TPSA) is 20.2 Å². The monoisotopic (exact) mass is 258 g/mol. The Morgan fingerprint density at radius 1 is 0.889 bits per heavy atom. The summed E-state index contributed by atoms with van der Waals surface area (Å²) in [5.41, 5.74) is 2.16. The molecule has 2 rings (SSSR count). The van der Waals surface area contributed by atoms with Gasteiger partial charge in [-0.2, -0.15) is 11.8 Å². The summed E-state index contributed by atoms with van der Waals surface area (Å²) in [7, 11) is 0. The maximum absolute atomic E-state index is 10.5. The average Bonchev–Trinajstić information content (AvgIpc) is 2.46. The van der Waals surface area contributed by atoms with E-state index < -0.39 is 6.10 Å². The van der Waals surface area contributed by atoms with E-state index in [2.05, 4.69) is 19.1 Å². The molecule has 1 N–H and O–H groups in total. The number of thioether (sulfide) groups is 1. The summed E-state index contributed by atoms with van der Waals surface area (Å²) in [6, 6.07) is 20.1. The van der Waals surface area contributed by atoms with Crippen molar-refractivity contribution in [1.29, 1.82) is 0 Å². The minimum atomic E-state index is -0.460. The Hall–Kier alpha value is -1.25. The van der Waals surface area contributed by atoms with Crippen LogP contribution in [0.3, 0.4) is 0 Å². The summed E-state index contributed by atoms with van der Waals surface area (Å²) in [5.74, 6) is 0.990. The predicted molar refractivity (Wildman–Crippen MR) is 78.7 cm³/mol. The number of aliphatic hydroxyl groups excluding tert-OH is 1. The Kier molecular flexibility index (Phi) is 4.85. The molecule has 0 fully saturated rings. The van der Waals surface area contributed by atoms with Gasteiger partial charge in [0.05, 0.1) is 11.4 Å². The summed E-state index contributed by atoms with van der Waals surface area (Å²) in [5, 5.41) is 10.6. The first-order chi connectivity index (χ1) is 8.83. The number of rotatable bonds is 5. The summed E-state index contributed by atoms with van der Waals surface area (Å²) in [6.45, 7) is 2.12. The van der Waals surface area contributed by atoms with Gasteiger partial charge in [0, 0.05) is 0 Å². The average molecular weight is 258 g/mol. The minimum Gasteiger partial charge on any atom is -0.387 e. The van der Waals surface area contributed by atoms with Crippen LogP contribution < -0.4 is 0 Å². The number of benzene rings is 2. The Bertz CT molecular complexity index is 455. The van der Waals surface area contributed by atoms with Crippen molar-refractivity contribution < 1.29 is 5.11 Å². The van der Waals surface area contributed by atoms with Gasteiger partial charge in [0.2, 0.25) is 0 Å². The fraction of sp³-hybridized carbons (Fsp3) is 0.250. The third-order valence-corrected chi connectivity index (χ3v) is 4.12. The van der Waals surface area contributed by atoms with E-state index in [0.717, 1.165) is 11.3 Å². The van der Waals surface area contributed by atoms with Gasteiger partial charge in [-0.05, 0) is 16.9 Å². The van der Waals surface area contributed by atoms with Crippen LogP contribution in [0.25, 0.3) is 0 Å². The van der Waals surface area contributed by atoms with Crippen molar-refractivity contribution in [3.05, 3.63) is 71.8 Å².